The molecule has 7 heteroatoms. The van der Waals surface area contributed by atoms with Crippen molar-refractivity contribution in [3.8, 4) is 0 Å². The number of aromatic nitrogens is 2. The number of amides is 2. The Hall–Kier alpha value is -2.44. The van der Waals surface area contributed by atoms with E-state index >= 15 is 0 Å². The minimum atomic E-state index is -0.208. The quantitative estimate of drug-likeness (QED) is 0.894. The summed E-state index contributed by atoms with van der Waals surface area (Å²) in [5.74, 6) is 0. The van der Waals surface area contributed by atoms with Crippen LogP contribution in [-0.2, 0) is 14.1 Å². The topological polar surface area (TPSA) is 71.3 Å². The Bertz CT molecular complexity index is 830. The van der Waals surface area contributed by atoms with Gasteiger partial charge in [0.05, 0.1) is 22.4 Å². The number of rotatable bonds is 4. The molecular weight excluding hydrogens is 318 g/mol. The van der Waals surface area contributed by atoms with Gasteiger partial charge < -0.3 is 15.5 Å². The minimum absolute atomic E-state index is 0.0628. The van der Waals surface area contributed by atoms with Crippen molar-refractivity contribution < 1.29 is 4.79 Å². The van der Waals surface area contributed by atoms with Crippen LogP contribution in [0, 0.1) is 0 Å². The molecule has 0 unspecified atom stereocenters. The third kappa shape index (κ3) is 3.36. The Kier molecular flexibility index (Phi) is 5.01. The Morgan fingerprint density at radius 3 is 2.36 bits per heavy atom. The summed E-state index contributed by atoms with van der Waals surface area (Å²) in [6.45, 7) is 4.59. The Morgan fingerprint density at radius 2 is 1.72 bits per heavy atom. The molecule has 7 nitrogen and oxygen atoms in total. The molecule has 0 aliphatic carbocycles. The van der Waals surface area contributed by atoms with E-state index in [0.29, 0.717) is 6.54 Å². The van der Waals surface area contributed by atoms with Crippen LogP contribution in [0.25, 0.3) is 11.0 Å². The first kappa shape index (κ1) is 17.4. The number of carbonyl (C=O) groups excluding carboxylic acids is 1. The highest BCUT2D eigenvalue weighted by molar-refractivity contribution is 5.98. The second-order valence-electron chi connectivity index (χ2n) is 6.69. The van der Waals surface area contributed by atoms with E-state index in [-0.39, 0.29) is 11.7 Å². The van der Waals surface area contributed by atoms with Gasteiger partial charge in [-0.25, -0.2) is 9.59 Å². The zero-order chi connectivity index (χ0) is 18.0. The van der Waals surface area contributed by atoms with Gasteiger partial charge in [0, 0.05) is 33.7 Å². The number of fused-ring (bicyclic) bond motifs is 1. The average Bonchev–Trinajstić information content (AvgIpc) is 2.84. The van der Waals surface area contributed by atoms with E-state index in [2.05, 4.69) is 15.5 Å². The van der Waals surface area contributed by atoms with Gasteiger partial charge in [-0.05, 0) is 37.8 Å². The predicted octanol–water partition coefficient (Wildman–Crippen LogP) is 2.40. The molecule has 0 radical (unpaired) electrons. The molecule has 25 heavy (non-hydrogen) atoms. The van der Waals surface area contributed by atoms with E-state index < -0.39 is 0 Å². The molecule has 0 atom stereocenters. The molecule has 2 aromatic rings. The first-order chi connectivity index (χ1) is 12.0. The van der Waals surface area contributed by atoms with E-state index in [1.807, 2.05) is 19.1 Å². The van der Waals surface area contributed by atoms with Crippen LogP contribution < -0.4 is 21.2 Å². The number of carbonyl (C=O) groups is 1. The number of aryl methyl sites for hydroxylation is 2. The Balaban J connectivity index is 2.05. The number of nitrogens with one attached hydrogen (secondary N) is 2. The van der Waals surface area contributed by atoms with Gasteiger partial charge in [0.1, 0.15) is 0 Å². The molecule has 136 valence electrons. The molecule has 3 rings (SSSR count). The SMILES string of the molecule is CCCNC(=O)Nc1cc2c(cc1N1CCCCC1)n(C)c(=O)n2C. The van der Waals surface area contributed by atoms with Crippen molar-refractivity contribution in [2.75, 3.05) is 29.9 Å². The van der Waals surface area contributed by atoms with Crippen molar-refractivity contribution in [2.24, 2.45) is 14.1 Å². The van der Waals surface area contributed by atoms with Crippen molar-refractivity contribution in [1.82, 2.24) is 14.5 Å². The monoisotopic (exact) mass is 345 g/mol. The number of hydrogen-bond acceptors (Lipinski definition) is 3. The summed E-state index contributed by atoms with van der Waals surface area (Å²) in [6, 6.07) is 3.73. The third-order valence-corrected chi connectivity index (χ3v) is 4.87. The van der Waals surface area contributed by atoms with Crippen LogP contribution in [0.15, 0.2) is 16.9 Å². The first-order valence-electron chi connectivity index (χ1n) is 9.02. The smallest absolute Gasteiger partial charge is 0.328 e. The fourth-order valence-corrected chi connectivity index (χ4v) is 3.44. The number of urea groups is 1. The van der Waals surface area contributed by atoms with Crippen LogP contribution in [0.4, 0.5) is 16.2 Å². The van der Waals surface area contributed by atoms with Gasteiger partial charge in [0.25, 0.3) is 0 Å². The normalized spacial score (nSPS) is 14.8. The van der Waals surface area contributed by atoms with E-state index in [4.69, 9.17) is 0 Å². The maximum Gasteiger partial charge on any atom is 0.328 e. The van der Waals surface area contributed by atoms with Gasteiger partial charge in [0.15, 0.2) is 0 Å². The molecule has 0 bridgehead atoms. The lowest BCUT2D eigenvalue weighted by Gasteiger charge is -2.30. The minimum Gasteiger partial charge on any atom is -0.370 e. The third-order valence-electron chi connectivity index (χ3n) is 4.87. The summed E-state index contributed by atoms with van der Waals surface area (Å²) in [7, 11) is 3.54. The van der Waals surface area contributed by atoms with Crippen molar-refractivity contribution in [3.63, 3.8) is 0 Å². The molecular formula is C18H27N5O2. The zero-order valence-corrected chi connectivity index (χ0v) is 15.3. The van der Waals surface area contributed by atoms with Crippen LogP contribution in [0.2, 0.25) is 0 Å². The van der Waals surface area contributed by atoms with Crippen LogP contribution in [0.5, 0.6) is 0 Å². The highest BCUT2D eigenvalue weighted by atomic mass is 16.2. The van der Waals surface area contributed by atoms with E-state index in [1.165, 1.54) is 6.42 Å². The van der Waals surface area contributed by atoms with Crippen molar-refractivity contribution in [2.45, 2.75) is 32.6 Å². The summed E-state index contributed by atoms with van der Waals surface area (Å²) in [6.07, 6.45) is 4.42. The zero-order valence-electron chi connectivity index (χ0n) is 15.3. The van der Waals surface area contributed by atoms with Crippen LogP contribution >= 0.6 is 0 Å². The number of imidazole rings is 1. The Morgan fingerprint density at radius 1 is 1.08 bits per heavy atom. The second-order valence-corrected chi connectivity index (χ2v) is 6.69. The highest BCUT2D eigenvalue weighted by Crippen LogP contribution is 2.32. The number of benzene rings is 1. The molecule has 2 heterocycles. The van der Waals surface area contributed by atoms with Gasteiger partial charge in [-0.3, -0.25) is 9.13 Å². The second kappa shape index (κ2) is 7.21. The number of hydrogen-bond donors (Lipinski definition) is 2. The van der Waals surface area contributed by atoms with Crippen LogP contribution in [-0.4, -0.2) is 34.8 Å². The summed E-state index contributed by atoms with van der Waals surface area (Å²) in [5.41, 5.74) is 3.38. The van der Waals surface area contributed by atoms with Gasteiger partial charge in [0.2, 0.25) is 0 Å². The van der Waals surface area contributed by atoms with E-state index in [9.17, 15) is 9.59 Å². The maximum absolute atomic E-state index is 12.3. The lowest BCUT2D eigenvalue weighted by atomic mass is 10.1. The van der Waals surface area contributed by atoms with Crippen molar-refractivity contribution in [1.29, 1.82) is 0 Å². The molecule has 1 aromatic carbocycles. The number of piperidine rings is 1. The number of nitrogens with zero attached hydrogens (tertiary/aromatic N) is 3. The van der Waals surface area contributed by atoms with Crippen molar-refractivity contribution >= 4 is 28.4 Å². The first-order valence-corrected chi connectivity index (χ1v) is 9.02. The molecule has 1 saturated heterocycles. The lowest BCUT2D eigenvalue weighted by Crippen LogP contribution is -2.33. The fraction of sp³-hybridized carbons (Fsp3) is 0.556. The summed E-state index contributed by atoms with van der Waals surface area (Å²) in [4.78, 5) is 26.7. The molecule has 0 spiro atoms. The van der Waals surface area contributed by atoms with E-state index in [1.54, 1.807) is 23.2 Å². The van der Waals surface area contributed by atoms with Gasteiger partial charge in [-0.15, -0.1) is 0 Å². The number of anilines is 2. The van der Waals surface area contributed by atoms with Crippen LogP contribution in [0.3, 0.4) is 0 Å². The van der Waals surface area contributed by atoms with Gasteiger partial charge in [-0.2, -0.15) is 0 Å². The molecule has 2 amide bonds. The average molecular weight is 345 g/mol. The standard InChI is InChI=1S/C18H27N5O2/c1-4-8-19-17(24)20-13-11-15-16(22(3)18(25)21(15)2)12-14(13)23-9-6-5-7-10-23/h11-12H,4-10H2,1-3H3,(H2,19,20,24). The Labute approximate surface area is 147 Å². The maximum atomic E-state index is 12.3. The lowest BCUT2D eigenvalue weighted by molar-refractivity contribution is 0.252. The molecule has 1 aromatic heterocycles. The summed E-state index contributed by atoms with van der Waals surface area (Å²) in [5, 5.41) is 5.82. The van der Waals surface area contributed by atoms with Gasteiger partial charge >= 0.3 is 11.7 Å². The molecule has 0 saturated carbocycles. The highest BCUT2D eigenvalue weighted by Gasteiger charge is 2.19. The van der Waals surface area contributed by atoms with Gasteiger partial charge in [-0.1, -0.05) is 6.92 Å². The van der Waals surface area contributed by atoms with E-state index in [0.717, 1.165) is 54.8 Å². The predicted molar refractivity (Wildman–Crippen MR) is 102 cm³/mol. The summed E-state index contributed by atoms with van der Waals surface area (Å²) < 4.78 is 3.27. The van der Waals surface area contributed by atoms with Crippen LogP contribution in [0.1, 0.15) is 32.6 Å². The largest absolute Gasteiger partial charge is 0.370 e. The summed E-state index contributed by atoms with van der Waals surface area (Å²) >= 11 is 0. The molecule has 1 aliphatic rings. The van der Waals surface area contributed by atoms with Crippen molar-refractivity contribution in [3.05, 3.63) is 22.6 Å². The fourth-order valence-electron chi connectivity index (χ4n) is 3.44. The molecule has 1 aliphatic heterocycles. The molecule has 2 N–H and O–H groups in total. The molecule has 1 fully saturated rings.